The lowest BCUT2D eigenvalue weighted by molar-refractivity contribution is -0.138. The largest absolute Gasteiger partial charge is 0.342 e. The zero-order valence-electron chi connectivity index (χ0n) is 19.5. The van der Waals surface area contributed by atoms with E-state index >= 15 is 0 Å². The van der Waals surface area contributed by atoms with E-state index < -0.39 is 0 Å². The maximum atomic E-state index is 13.6. The molecule has 0 N–H and O–H groups in total. The predicted octanol–water partition coefficient (Wildman–Crippen LogP) is 3.50. The highest BCUT2D eigenvalue weighted by Crippen LogP contribution is 2.25. The lowest BCUT2D eigenvalue weighted by atomic mass is 9.92. The third-order valence-electron chi connectivity index (χ3n) is 7.11. The number of rotatable bonds is 3. The SMILES string of the molecule is CC1CCCN(C(=O)C2CCN(C(=O)c3nn(-c4ccccc4)c(=O)c4ccccc34)CC2)C1. The quantitative estimate of drug-likeness (QED) is 0.602. The van der Waals surface area contributed by atoms with Crippen LogP contribution in [-0.2, 0) is 4.79 Å². The van der Waals surface area contributed by atoms with Crippen molar-refractivity contribution in [2.45, 2.75) is 32.6 Å². The van der Waals surface area contributed by atoms with Crippen molar-refractivity contribution >= 4 is 22.6 Å². The molecule has 7 nitrogen and oxygen atoms in total. The lowest BCUT2D eigenvalue weighted by Gasteiger charge is -2.37. The number of amides is 2. The third-order valence-corrected chi connectivity index (χ3v) is 7.11. The Bertz CT molecular complexity index is 1260. The molecule has 1 aromatic heterocycles. The molecule has 2 aliphatic heterocycles. The Morgan fingerprint density at radius 2 is 1.53 bits per heavy atom. The van der Waals surface area contributed by atoms with E-state index in [4.69, 9.17) is 0 Å². The van der Waals surface area contributed by atoms with E-state index in [1.54, 1.807) is 35.2 Å². The number of nitrogens with zero attached hydrogens (tertiary/aromatic N) is 4. The summed E-state index contributed by atoms with van der Waals surface area (Å²) in [5, 5.41) is 5.55. The fraction of sp³-hybridized carbons (Fsp3) is 0.407. The maximum absolute atomic E-state index is 13.6. The van der Waals surface area contributed by atoms with Gasteiger partial charge in [0.1, 0.15) is 0 Å². The van der Waals surface area contributed by atoms with E-state index in [1.807, 2.05) is 29.2 Å². The number of hydrogen-bond donors (Lipinski definition) is 0. The molecule has 7 heteroatoms. The van der Waals surface area contributed by atoms with Crippen LogP contribution in [-0.4, -0.2) is 57.6 Å². The average Bonchev–Trinajstić information content (AvgIpc) is 2.89. The first-order valence-corrected chi connectivity index (χ1v) is 12.2. The van der Waals surface area contributed by atoms with Gasteiger partial charge in [0.15, 0.2) is 5.69 Å². The smallest absolute Gasteiger partial charge is 0.279 e. The summed E-state index contributed by atoms with van der Waals surface area (Å²) >= 11 is 0. The Morgan fingerprint density at radius 1 is 0.853 bits per heavy atom. The molecule has 0 spiro atoms. The molecule has 0 saturated carbocycles. The molecule has 2 amide bonds. The van der Waals surface area contributed by atoms with Gasteiger partial charge in [-0.3, -0.25) is 14.4 Å². The molecule has 2 aromatic carbocycles. The molecule has 2 aliphatic rings. The molecule has 3 aromatic rings. The zero-order valence-corrected chi connectivity index (χ0v) is 19.5. The molecule has 1 unspecified atom stereocenters. The van der Waals surface area contributed by atoms with Crippen molar-refractivity contribution in [1.29, 1.82) is 0 Å². The summed E-state index contributed by atoms with van der Waals surface area (Å²) in [5.41, 5.74) is 0.638. The van der Waals surface area contributed by atoms with Crippen LogP contribution in [0.25, 0.3) is 16.5 Å². The summed E-state index contributed by atoms with van der Waals surface area (Å²) < 4.78 is 1.31. The summed E-state index contributed by atoms with van der Waals surface area (Å²) in [6.45, 7) is 4.92. The summed E-state index contributed by atoms with van der Waals surface area (Å²) in [4.78, 5) is 43.5. The summed E-state index contributed by atoms with van der Waals surface area (Å²) in [5.74, 6) is 0.564. The molecule has 176 valence electrons. The van der Waals surface area contributed by atoms with Crippen LogP contribution in [0.15, 0.2) is 59.4 Å². The fourth-order valence-corrected chi connectivity index (χ4v) is 5.22. The monoisotopic (exact) mass is 458 g/mol. The van der Waals surface area contributed by atoms with Crippen molar-refractivity contribution in [3.8, 4) is 5.69 Å². The zero-order chi connectivity index (χ0) is 23.7. The third kappa shape index (κ3) is 4.22. The molecule has 3 heterocycles. The Hall–Kier alpha value is -3.48. The Balaban J connectivity index is 1.39. The number of piperidine rings is 2. The van der Waals surface area contributed by atoms with Crippen molar-refractivity contribution in [2.75, 3.05) is 26.2 Å². The van der Waals surface area contributed by atoms with Gasteiger partial charge in [-0.05, 0) is 49.8 Å². The first kappa shape index (κ1) is 22.3. The van der Waals surface area contributed by atoms with Crippen LogP contribution in [0.1, 0.15) is 43.1 Å². The van der Waals surface area contributed by atoms with Gasteiger partial charge in [0, 0.05) is 37.5 Å². The summed E-state index contributed by atoms with van der Waals surface area (Å²) in [6, 6.07) is 16.3. The molecule has 0 bridgehead atoms. The molecule has 1 atom stereocenters. The Morgan fingerprint density at radius 3 is 2.24 bits per heavy atom. The first-order chi connectivity index (χ1) is 16.5. The van der Waals surface area contributed by atoms with Gasteiger partial charge >= 0.3 is 0 Å². The minimum Gasteiger partial charge on any atom is -0.342 e. The van der Waals surface area contributed by atoms with Gasteiger partial charge in [-0.1, -0.05) is 43.3 Å². The minimum absolute atomic E-state index is 0.0303. The van der Waals surface area contributed by atoms with Crippen LogP contribution in [0.3, 0.4) is 0 Å². The highest BCUT2D eigenvalue weighted by atomic mass is 16.2. The molecule has 34 heavy (non-hydrogen) atoms. The minimum atomic E-state index is -0.251. The highest BCUT2D eigenvalue weighted by Gasteiger charge is 2.33. The molecule has 0 radical (unpaired) electrons. The Kier molecular flexibility index (Phi) is 6.18. The van der Waals surface area contributed by atoms with Crippen molar-refractivity contribution in [3.63, 3.8) is 0 Å². The number of carbonyl (C=O) groups excluding carboxylic acids is 2. The van der Waals surface area contributed by atoms with Gasteiger partial charge in [-0.2, -0.15) is 9.78 Å². The van der Waals surface area contributed by atoms with E-state index in [-0.39, 0.29) is 29.0 Å². The van der Waals surface area contributed by atoms with Crippen LogP contribution in [0.5, 0.6) is 0 Å². The normalized spacial score (nSPS) is 19.4. The molecular weight excluding hydrogens is 428 g/mol. The standard InChI is InChI=1S/C27H30N4O3/c1-19-8-7-15-30(18-19)25(32)20-13-16-29(17-14-20)27(34)24-22-11-5-6-12-23(22)26(33)31(28-24)21-9-3-2-4-10-21/h2-6,9-12,19-20H,7-8,13-18H2,1H3. The van der Waals surface area contributed by atoms with E-state index in [0.29, 0.717) is 48.3 Å². The summed E-state index contributed by atoms with van der Waals surface area (Å²) in [6.07, 6.45) is 3.57. The van der Waals surface area contributed by atoms with Crippen LogP contribution < -0.4 is 5.56 Å². The molecular formula is C27H30N4O3. The van der Waals surface area contributed by atoms with Gasteiger partial charge in [-0.15, -0.1) is 0 Å². The maximum Gasteiger partial charge on any atom is 0.279 e. The van der Waals surface area contributed by atoms with E-state index in [9.17, 15) is 14.4 Å². The second kappa shape index (κ2) is 9.41. The number of benzene rings is 2. The van der Waals surface area contributed by atoms with Crippen LogP contribution in [0.4, 0.5) is 0 Å². The number of hydrogen-bond acceptors (Lipinski definition) is 4. The van der Waals surface area contributed by atoms with E-state index in [1.165, 1.54) is 11.1 Å². The van der Waals surface area contributed by atoms with Crippen LogP contribution in [0, 0.1) is 11.8 Å². The molecule has 5 rings (SSSR count). The van der Waals surface area contributed by atoms with Crippen molar-refractivity contribution in [2.24, 2.45) is 11.8 Å². The first-order valence-electron chi connectivity index (χ1n) is 12.2. The molecule has 2 saturated heterocycles. The van der Waals surface area contributed by atoms with Crippen LogP contribution >= 0.6 is 0 Å². The van der Waals surface area contributed by atoms with Gasteiger partial charge in [0.05, 0.1) is 11.1 Å². The number of aromatic nitrogens is 2. The second-order valence-electron chi connectivity index (χ2n) is 9.54. The Labute approximate surface area is 199 Å². The topological polar surface area (TPSA) is 75.5 Å². The molecule has 0 aliphatic carbocycles. The fourth-order valence-electron chi connectivity index (χ4n) is 5.22. The lowest BCUT2D eigenvalue weighted by Crippen LogP contribution is -2.47. The van der Waals surface area contributed by atoms with Gasteiger partial charge < -0.3 is 9.80 Å². The number of carbonyl (C=O) groups is 2. The number of para-hydroxylation sites is 1. The van der Waals surface area contributed by atoms with Gasteiger partial charge in [0.2, 0.25) is 5.91 Å². The van der Waals surface area contributed by atoms with Gasteiger partial charge in [-0.25, -0.2) is 0 Å². The average molecular weight is 459 g/mol. The highest BCUT2D eigenvalue weighted by molar-refractivity contribution is 6.05. The van der Waals surface area contributed by atoms with Gasteiger partial charge in [0.25, 0.3) is 11.5 Å². The van der Waals surface area contributed by atoms with E-state index in [2.05, 4.69) is 12.0 Å². The number of likely N-dealkylation sites (tertiary alicyclic amines) is 2. The van der Waals surface area contributed by atoms with Crippen molar-refractivity contribution in [3.05, 3.63) is 70.6 Å². The summed E-state index contributed by atoms with van der Waals surface area (Å²) in [7, 11) is 0. The van der Waals surface area contributed by atoms with E-state index in [0.717, 1.165) is 19.5 Å². The second-order valence-corrected chi connectivity index (χ2v) is 9.54. The predicted molar refractivity (Wildman–Crippen MR) is 131 cm³/mol. The van der Waals surface area contributed by atoms with Crippen molar-refractivity contribution < 1.29 is 9.59 Å². The number of fused-ring (bicyclic) bond motifs is 1. The van der Waals surface area contributed by atoms with Crippen LogP contribution in [0.2, 0.25) is 0 Å². The van der Waals surface area contributed by atoms with Crippen molar-refractivity contribution in [1.82, 2.24) is 19.6 Å². The molecule has 2 fully saturated rings.